The van der Waals surface area contributed by atoms with Gasteiger partial charge in [-0.05, 0) is 0 Å². The molecule has 0 aliphatic carbocycles. The Bertz CT molecular complexity index is 287. The average Bonchev–Trinajstić information content (AvgIpc) is 2.18. The first-order valence-electron chi connectivity index (χ1n) is 3.51. The van der Waals surface area contributed by atoms with E-state index in [4.69, 9.17) is 15.3 Å². The molecule has 0 saturated carbocycles. The van der Waals surface area contributed by atoms with Crippen LogP contribution in [0.4, 0.5) is 0 Å². The molecule has 0 aromatic rings. The molecule has 0 spiro atoms. The van der Waals surface area contributed by atoms with Gasteiger partial charge in [-0.1, -0.05) is 0 Å². The van der Waals surface area contributed by atoms with Crippen molar-refractivity contribution in [1.29, 1.82) is 0 Å². The van der Waals surface area contributed by atoms with Gasteiger partial charge in [0.05, 0.1) is 0 Å². The standard InChI is InChI=1S/3C2H3NO3.Fe/c3*3-1(4)2(5)6;/h3*(H2,3,4)(H,5,6);. The van der Waals surface area contributed by atoms with Gasteiger partial charge in [-0.25, -0.2) is 14.4 Å². The maximum atomic E-state index is 9.32. The molecule has 19 heavy (non-hydrogen) atoms. The molecule has 0 saturated heterocycles. The Balaban J connectivity index is -0.0000000865. The van der Waals surface area contributed by atoms with Crippen molar-refractivity contribution in [3.8, 4) is 0 Å². The summed E-state index contributed by atoms with van der Waals surface area (Å²) >= 11 is 0. The third-order valence-corrected chi connectivity index (χ3v) is 0.632. The molecular formula is C6H9FeN3O9. The van der Waals surface area contributed by atoms with Gasteiger partial charge in [0.2, 0.25) is 0 Å². The molecule has 13 heteroatoms. The van der Waals surface area contributed by atoms with Crippen LogP contribution < -0.4 is 17.2 Å². The van der Waals surface area contributed by atoms with Gasteiger partial charge in [0, 0.05) is 17.1 Å². The van der Waals surface area contributed by atoms with Crippen LogP contribution in [0, 0.1) is 0 Å². The second kappa shape index (κ2) is 13.4. The number of carbonyl (C=O) groups is 6. The number of nitrogens with two attached hydrogens (primary N) is 3. The smallest absolute Gasteiger partial charge is 0.394 e. The van der Waals surface area contributed by atoms with Crippen molar-refractivity contribution in [1.82, 2.24) is 0 Å². The Morgan fingerprint density at radius 2 is 0.579 bits per heavy atom. The first-order chi connectivity index (χ1) is 7.93. The monoisotopic (exact) mass is 323 g/mol. The predicted molar refractivity (Wildman–Crippen MR) is 50.5 cm³/mol. The van der Waals surface area contributed by atoms with Crippen LogP contribution in [0.2, 0.25) is 0 Å². The summed E-state index contributed by atoms with van der Waals surface area (Å²) in [5.41, 5.74) is 12.6. The van der Waals surface area contributed by atoms with E-state index in [2.05, 4.69) is 17.2 Å². The number of hydrogen-bond donors (Lipinski definition) is 6. The largest absolute Gasteiger partial charge is 0.474 e. The second-order valence-corrected chi connectivity index (χ2v) is 2.01. The van der Waals surface area contributed by atoms with Crippen LogP contribution in [0.3, 0.4) is 0 Å². The zero-order valence-corrected chi connectivity index (χ0v) is 9.98. The van der Waals surface area contributed by atoms with Crippen molar-refractivity contribution in [3.63, 3.8) is 0 Å². The van der Waals surface area contributed by atoms with E-state index in [9.17, 15) is 28.8 Å². The molecule has 0 aromatic carbocycles. The number of rotatable bonds is 0. The van der Waals surface area contributed by atoms with Gasteiger partial charge in [-0.15, -0.1) is 0 Å². The number of aliphatic carboxylic acids is 3. The summed E-state index contributed by atoms with van der Waals surface area (Å²) in [5.74, 6) is -8.78. The molecule has 0 heterocycles. The summed E-state index contributed by atoms with van der Waals surface area (Å²) in [4.78, 5) is 55.6. The Morgan fingerprint density at radius 3 is 0.579 bits per heavy atom. The molecule has 0 aliphatic heterocycles. The third-order valence-electron chi connectivity index (χ3n) is 0.632. The molecule has 0 aromatic heterocycles. The maximum Gasteiger partial charge on any atom is 0.394 e. The van der Waals surface area contributed by atoms with Crippen molar-refractivity contribution in [3.05, 3.63) is 0 Å². The number of amides is 3. The molecule has 12 nitrogen and oxygen atoms in total. The molecule has 9 N–H and O–H groups in total. The summed E-state index contributed by atoms with van der Waals surface area (Å²) in [7, 11) is 0. The fourth-order valence-corrected chi connectivity index (χ4v) is 0. The molecular weight excluding hydrogens is 314 g/mol. The zero-order valence-electron chi connectivity index (χ0n) is 8.88. The van der Waals surface area contributed by atoms with Gasteiger partial charge in [-0.2, -0.15) is 0 Å². The normalized spacial score (nSPS) is 6.95. The van der Waals surface area contributed by atoms with E-state index in [1.165, 1.54) is 0 Å². The van der Waals surface area contributed by atoms with E-state index in [1.54, 1.807) is 0 Å². The number of primary amides is 3. The van der Waals surface area contributed by atoms with E-state index in [-0.39, 0.29) is 17.1 Å². The first kappa shape index (κ1) is 25.3. The van der Waals surface area contributed by atoms with E-state index in [0.717, 1.165) is 0 Å². The van der Waals surface area contributed by atoms with E-state index < -0.39 is 35.6 Å². The first-order valence-corrected chi connectivity index (χ1v) is 3.51. The number of hydrogen-bond acceptors (Lipinski definition) is 6. The van der Waals surface area contributed by atoms with Crippen LogP contribution in [-0.4, -0.2) is 50.9 Å². The third kappa shape index (κ3) is 31.3. The topological polar surface area (TPSA) is 241 Å². The molecule has 0 unspecified atom stereocenters. The summed E-state index contributed by atoms with van der Waals surface area (Å²) in [6, 6.07) is 0. The summed E-state index contributed by atoms with van der Waals surface area (Å²) in [5, 5.41) is 22.5. The predicted octanol–water partition coefficient (Wildman–Crippen LogP) is -4.33. The van der Waals surface area contributed by atoms with Crippen molar-refractivity contribution >= 4 is 35.6 Å². The minimum absolute atomic E-state index is 0. The minimum atomic E-state index is -1.60. The van der Waals surface area contributed by atoms with Crippen molar-refractivity contribution in [2.24, 2.45) is 17.2 Å². The number of carbonyl (C=O) groups excluding carboxylic acids is 3. The summed E-state index contributed by atoms with van der Waals surface area (Å²) in [6.45, 7) is 0. The molecule has 0 atom stereocenters. The van der Waals surface area contributed by atoms with Gasteiger partial charge >= 0.3 is 35.6 Å². The van der Waals surface area contributed by atoms with E-state index in [0.29, 0.717) is 0 Å². The molecule has 0 bridgehead atoms. The Labute approximate surface area is 115 Å². The van der Waals surface area contributed by atoms with Crippen molar-refractivity contribution in [2.45, 2.75) is 0 Å². The van der Waals surface area contributed by atoms with Crippen LogP contribution in [0.5, 0.6) is 0 Å². The molecule has 0 rings (SSSR count). The summed E-state index contributed by atoms with van der Waals surface area (Å²) in [6.07, 6.45) is 0. The number of carboxylic acid groups (broad SMARTS) is 3. The molecule has 0 aliphatic rings. The van der Waals surface area contributed by atoms with E-state index in [1.807, 2.05) is 0 Å². The fraction of sp³-hybridized carbons (Fsp3) is 0. The molecule has 0 radical (unpaired) electrons. The fourth-order valence-electron chi connectivity index (χ4n) is 0. The van der Waals surface area contributed by atoms with Crippen molar-refractivity contribution in [2.75, 3.05) is 0 Å². The van der Waals surface area contributed by atoms with Gasteiger partial charge in [0.15, 0.2) is 0 Å². The maximum absolute atomic E-state index is 9.32. The zero-order chi connectivity index (χ0) is 15.5. The Kier molecular flexibility index (Phi) is 17.8. The van der Waals surface area contributed by atoms with Crippen molar-refractivity contribution < 1.29 is 61.2 Å². The minimum Gasteiger partial charge on any atom is -0.474 e. The van der Waals surface area contributed by atoms with Crippen LogP contribution >= 0.6 is 0 Å². The van der Waals surface area contributed by atoms with Crippen LogP contribution in [-0.2, 0) is 45.8 Å². The van der Waals surface area contributed by atoms with Crippen LogP contribution in [0.25, 0.3) is 0 Å². The molecule has 0 fully saturated rings. The van der Waals surface area contributed by atoms with E-state index >= 15 is 0 Å². The number of carboxylic acids is 3. The average molecular weight is 323 g/mol. The van der Waals surface area contributed by atoms with Gasteiger partial charge in [0.25, 0.3) is 0 Å². The quantitative estimate of drug-likeness (QED) is 0.186. The SMILES string of the molecule is NC(=O)C(=O)O.NC(=O)C(=O)O.NC(=O)C(=O)O.[Fe]. The van der Waals surface area contributed by atoms with Gasteiger partial charge < -0.3 is 32.5 Å². The molecule has 110 valence electrons. The second-order valence-electron chi connectivity index (χ2n) is 2.01. The van der Waals surface area contributed by atoms with Gasteiger partial charge in [-0.3, -0.25) is 14.4 Å². The summed E-state index contributed by atoms with van der Waals surface area (Å²) < 4.78 is 0. The van der Waals surface area contributed by atoms with Crippen LogP contribution in [0.1, 0.15) is 0 Å². The Morgan fingerprint density at radius 1 is 0.526 bits per heavy atom. The molecule has 3 amide bonds. The van der Waals surface area contributed by atoms with Crippen LogP contribution in [0.15, 0.2) is 0 Å². The Hall–Kier alpha value is -2.66. The van der Waals surface area contributed by atoms with Gasteiger partial charge in [0.1, 0.15) is 0 Å².